The summed E-state index contributed by atoms with van der Waals surface area (Å²) in [4.78, 5) is 144. The van der Waals surface area contributed by atoms with Crippen LogP contribution in [-0.4, -0.2) is 172 Å². The topological polar surface area (TPSA) is 455 Å². The molecule has 0 fully saturated rings. The summed E-state index contributed by atoms with van der Waals surface area (Å²) in [6.45, 7) is 4.74. The Labute approximate surface area is 397 Å². The highest BCUT2D eigenvalue weighted by molar-refractivity contribution is 7.98. The molecule has 0 aromatic heterocycles. The van der Waals surface area contributed by atoms with E-state index in [4.69, 9.17) is 17.2 Å². The smallest absolute Gasteiger partial charge is 0.326 e. The molecule has 7 atom stereocenters. The highest BCUT2D eigenvalue weighted by atomic mass is 32.2. The maximum Gasteiger partial charge on any atom is 0.326 e. The second-order valence-electron chi connectivity index (χ2n) is 16.3. The SMILES string of the molecule is CSCC[C@H](NC(=O)CN)C(=O)NCC(=O)N[C@@H](CO)C(=O)N[C@@H](CCC(=O)O)C(=O)N[C@@H](CCC(=O)O)C(=O)N[C@@H](CC(C)C)C(=O)N[C@@H](CCCN=C(N)N)C(=O)N[C@@H](CC(C)C)C(=O)O. The molecule has 0 heterocycles. The van der Waals surface area contributed by atoms with Crippen LogP contribution in [0.4, 0.5) is 0 Å². The van der Waals surface area contributed by atoms with Gasteiger partial charge < -0.3 is 80.2 Å². The van der Waals surface area contributed by atoms with Gasteiger partial charge in [-0.25, -0.2) is 4.79 Å². The Bertz CT molecular complexity index is 1770. The standard InChI is InChI=1S/C40H70N12O15S/c1-20(2)15-26(37(64)48-22(7-6-13-44-40(42)43)34(61)52-27(39(66)67)16-21(3)4)51-36(63)24(9-11-32(58)59)49-35(62)23(8-10-31(56)57)50-38(65)28(19-53)47-30(55)18-45-33(60)25(12-14-68-5)46-29(54)17-41/h20-28,53H,6-19,41H2,1-5H3,(H,45,60)(H,46,54)(H,47,55)(H,48,64)(H,49,62)(H,50,65)(H,51,63)(H,52,61)(H,56,57)(H,58,59)(H,66,67)(H4,42,43,44)/t22-,23-,24-,25-,26-,27-,28-/m0/s1. The minimum absolute atomic E-state index is 0.0363. The fourth-order valence-electron chi connectivity index (χ4n) is 6.09. The van der Waals surface area contributed by atoms with Crippen molar-refractivity contribution in [1.82, 2.24) is 42.5 Å². The summed E-state index contributed by atoms with van der Waals surface area (Å²) in [6, 6.07) is -10.4. The molecule has 0 radical (unpaired) electrons. The summed E-state index contributed by atoms with van der Waals surface area (Å²) in [5, 5.41) is 57.3. The third kappa shape index (κ3) is 26.8. The number of carbonyl (C=O) groups is 11. The van der Waals surface area contributed by atoms with Crippen LogP contribution in [0.25, 0.3) is 0 Å². The average Bonchev–Trinajstić information content (AvgIpc) is 3.25. The van der Waals surface area contributed by atoms with Gasteiger partial charge in [-0.15, -0.1) is 0 Å². The van der Waals surface area contributed by atoms with Gasteiger partial charge in [-0.05, 0) is 68.8 Å². The molecule has 0 rings (SSSR count). The molecule has 27 nitrogen and oxygen atoms in total. The summed E-state index contributed by atoms with van der Waals surface area (Å²) >= 11 is 1.39. The Morgan fingerprint density at radius 1 is 0.544 bits per heavy atom. The Balaban J connectivity index is 6.42. The van der Waals surface area contributed by atoms with Crippen LogP contribution in [0.3, 0.4) is 0 Å². The number of aliphatic hydroxyl groups is 1. The number of hydrogen-bond acceptors (Lipinski definition) is 15. The number of nitrogens with two attached hydrogens (primary N) is 3. The van der Waals surface area contributed by atoms with E-state index < -0.39 is 153 Å². The first kappa shape index (κ1) is 61.7. The number of aliphatic imine (C=N–C) groups is 1. The average molecular weight is 991 g/mol. The predicted molar refractivity (Wildman–Crippen MR) is 246 cm³/mol. The third-order valence-electron chi connectivity index (χ3n) is 9.50. The molecule has 8 amide bonds. The van der Waals surface area contributed by atoms with Crippen molar-refractivity contribution in [1.29, 1.82) is 0 Å². The summed E-state index contributed by atoms with van der Waals surface area (Å²) in [7, 11) is 0. The second-order valence-corrected chi connectivity index (χ2v) is 17.3. The van der Waals surface area contributed by atoms with Crippen molar-refractivity contribution in [3.8, 4) is 0 Å². The summed E-state index contributed by atoms with van der Waals surface area (Å²) in [5.41, 5.74) is 16.1. The first-order chi connectivity index (χ1) is 31.8. The van der Waals surface area contributed by atoms with Crippen molar-refractivity contribution in [2.45, 2.75) is 128 Å². The van der Waals surface area contributed by atoms with Crippen molar-refractivity contribution < 1.29 is 73.2 Å². The Morgan fingerprint density at radius 2 is 0.956 bits per heavy atom. The van der Waals surface area contributed by atoms with Gasteiger partial charge in [0.2, 0.25) is 47.3 Å². The lowest BCUT2D eigenvalue weighted by Crippen LogP contribution is -2.60. The minimum atomic E-state index is -1.77. The quantitative estimate of drug-likeness (QED) is 0.0161. The number of hydrogen-bond donors (Lipinski definition) is 15. The maximum atomic E-state index is 13.9. The normalized spacial score (nSPS) is 14.0. The highest BCUT2D eigenvalue weighted by Crippen LogP contribution is 2.11. The molecule has 0 saturated heterocycles. The number of carbonyl (C=O) groups excluding carboxylic acids is 8. The van der Waals surface area contributed by atoms with Gasteiger partial charge >= 0.3 is 17.9 Å². The molecule has 0 aliphatic heterocycles. The maximum absolute atomic E-state index is 13.9. The molecule has 0 unspecified atom stereocenters. The zero-order valence-electron chi connectivity index (χ0n) is 39.0. The van der Waals surface area contributed by atoms with Crippen LogP contribution in [0.5, 0.6) is 0 Å². The van der Waals surface area contributed by atoms with Gasteiger partial charge in [0.05, 0.1) is 19.7 Å². The van der Waals surface area contributed by atoms with E-state index in [0.29, 0.717) is 5.75 Å². The summed E-state index contributed by atoms with van der Waals surface area (Å²) < 4.78 is 0. The second kappa shape index (κ2) is 33.2. The zero-order valence-corrected chi connectivity index (χ0v) is 39.8. The number of guanidine groups is 1. The fraction of sp³-hybridized carbons (Fsp3) is 0.700. The monoisotopic (exact) mass is 990 g/mol. The van der Waals surface area contributed by atoms with E-state index in [0.717, 1.165) is 0 Å². The summed E-state index contributed by atoms with van der Waals surface area (Å²) in [6.07, 6.45) is -0.625. The summed E-state index contributed by atoms with van der Waals surface area (Å²) in [5.74, 6) is -12.0. The van der Waals surface area contributed by atoms with E-state index in [-0.39, 0.29) is 56.4 Å². The molecule has 0 aromatic rings. The lowest BCUT2D eigenvalue weighted by molar-refractivity contribution is -0.143. The van der Waals surface area contributed by atoms with E-state index in [9.17, 15) is 73.2 Å². The zero-order chi connectivity index (χ0) is 52.1. The number of nitrogens with one attached hydrogen (secondary N) is 8. The number of thioether (sulfide) groups is 1. The number of rotatable bonds is 35. The van der Waals surface area contributed by atoms with Gasteiger partial charge in [-0.1, -0.05) is 27.7 Å². The largest absolute Gasteiger partial charge is 0.481 e. The number of nitrogens with zero attached hydrogens (tertiary/aromatic N) is 1. The Kier molecular flexibility index (Phi) is 30.2. The van der Waals surface area contributed by atoms with E-state index in [1.54, 1.807) is 34.0 Å². The molecule has 386 valence electrons. The molecular formula is C40H70N12O15S. The number of aliphatic hydroxyl groups excluding tert-OH is 1. The first-order valence-corrected chi connectivity index (χ1v) is 23.1. The van der Waals surface area contributed by atoms with Gasteiger partial charge in [-0.3, -0.25) is 52.9 Å². The lowest BCUT2D eigenvalue weighted by Gasteiger charge is -2.28. The lowest BCUT2D eigenvalue weighted by atomic mass is 10.0. The van der Waals surface area contributed by atoms with Crippen molar-refractivity contribution in [2.24, 2.45) is 34.0 Å². The van der Waals surface area contributed by atoms with E-state index in [2.05, 4.69) is 47.5 Å². The molecule has 18 N–H and O–H groups in total. The molecule has 0 spiro atoms. The van der Waals surface area contributed by atoms with Gasteiger partial charge in [0.1, 0.15) is 42.3 Å². The van der Waals surface area contributed by atoms with E-state index in [1.165, 1.54) is 11.8 Å². The molecular weight excluding hydrogens is 921 g/mol. The van der Waals surface area contributed by atoms with Crippen LogP contribution in [0.2, 0.25) is 0 Å². The number of amides is 8. The van der Waals surface area contributed by atoms with Gasteiger partial charge in [0.15, 0.2) is 5.96 Å². The third-order valence-corrected chi connectivity index (χ3v) is 10.1. The van der Waals surface area contributed by atoms with Crippen molar-refractivity contribution in [3.63, 3.8) is 0 Å². The molecule has 0 aliphatic rings. The van der Waals surface area contributed by atoms with Crippen LogP contribution in [0, 0.1) is 11.8 Å². The van der Waals surface area contributed by atoms with Crippen LogP contribution >= 0.6 is 11.8 Å². The molecule has 0 aromatic carbocycles. The van der Waals surface area contributed by atoms with Gasteiger partial charge in [0, 0.05) is 19.4 Å². The molecule has 68 heavy (non-hydrogen) atoms. The van der Waals surface area contributed by atoms with E-state index in [1.807, 2.05) is 0 Å². The molecule has 28 heteroatoms. The number of aliphatic carboxylic acids is 3. The number of carboxylic acid groups (broad SMARTS) is 3. The molecule has 0 aliphatic carbocycles. The molecule has 0 bridgehead atoms. The number of carboxylic acids is 3. The highest BCUT2D eigenvalue weighted by Gasteiger charge is 2.34. The van der Waals surface area contributed by atoms with Crippen LogP contribution in [0.1, 0.15) is 85.5 Å². The van der Waals surface area contributed by atoms with Gasteiger partial charge in [-0.2, -0.15) is 11.8 Å². The Morgan fingerprint density at radius 3 is 1.38 bits per heavy atom. The van der Waals surface area contributed by atoms with Crippen LogP contribution in [0.15, 0.2) is 4.99 Å². The minimum Gasteiger partial charge on any atom is -0.481 e. The fourth-order valence-corrected chi connectivity index (χ4v) is 6.56. The Hall–Kier alpha value is -6.29. The van der Waals surface area contributed by atoms with Crippen molar-refractivity contribution in [3.05, 3.63) is 0 Å². The predicted octanol–water partition coefficient (Wildman–Crippen LogP) is -4.84. The van der Waals surface area contributed by atoms with Crippen LogP contribution < -0.4 is 59.7 Å². The van der Waals surface area contributed by atoms with Crippen molar-refractivity contribution in [2.75, 3.05) is 38.2 Å². The first-order valence-electron chi connectivity index (χ1n) is 21.7. The van der Waals surface area contributed by atoms with Crippen LogP contribution in [-0.2, 0) is 52.7 Å². The van der Waals surface area contributed by atoms with Crippen molar-refractivity contribution >= 4 is 82.9 Å². The van der Waals surface area contributed by atoms with E-state index >= 15 is 0 Å². The van der Waals surface area contributed by atoms with Gasteiger partial charge in [0.25, 0.3) is 0 Å². The molecule has 0 saturated carbocycles.